The summed E-state index contributed by atoms with van der Waals surface area (Å²) >= 11 is 0. The van der Waals surface area contributed by atoms with Gasteiger partial charge in [0.1, 0.15) is 0 Å². The molecule has 2 aromatic carbocycles. The number of rotatable bonds is 3. The summed E-state index contributed by atoms with van der Waals surface area (Å²) in [7, 11) is 0. The van der Waals surface area contributed by atoms with Crippen LogP contribution in [0.5, 0.6) is 0 Å². The van der Waals surface area contributed by atoms with E-state index >= 15 is 0 Å². The summed E-state index contributed by atoms with van der Waals surface area (Å²) in [4.78, 5) is 25.0. The Morgan fingerprint density at radius 1 is 1.07 bits per heavy atom. The molecule has 1 amide bonds. The molecule has 5 heteroatoms. The zero-order valence-electron chi connectivity index (χ0n) is 16.3. The third-order valence-corrected chi connectivity index (χ3v) is 5.88. The molecule has 5 nitrogen and oxygen atoms in total. The molecule has 2 aliphatic heterocycles. The summed E-state index contributed by atoms with van der Waals surface area (Å²) in [5.74, 6) is 0.851. The highest BCUT2D eigenvalue weighted by Crippen LogP contribution is 2.34. The van der Waals surface area contributed by atoms with Gasteiger partial charge in [0.25, 0.3) is 5.91 Å². The standard InChI is InChI=1S/C24H24N4O/c29-24(20-10-5-4-9-19(20)17-7-2-1-3-8-17)28-14-6-11-22(28)23-26-16-18-15-25-13-12-21(18)27-23/h1-5,7-10,16,22,25H,6,11-15H2/t22-/m0/s1. The Morgan fingerprint density at radius 2 is 1.90 bits per heavy atom. The molecule has 3 aromatic rings. The second-order valence-corrected chi connectivity index (χ2v) is 7.70. The van der Waals surface area contributed by atoms with Gasteiger partial charge >= 0.3 is 0 Å². The second-order valence-electron chi connectivity index (χ2n) is 7.70. The number of aromatic nitrogens is 2. The number of fused-ring (bicyclic) bond motifs is 1. The van der Waals surface area contributed by atoms with Crippen LogP contribution in [0, 0.1) is 0 Å². The molecule has 0 aliphatic carbocycles. The first-order valence-corrected chi connectivity index (χ1v) is 10.3. The van der Waals surface area contributed by atoms with Gasteiger partial charge in [-0.3, -0.25) is 4.79 Å². The van der Waals surface area contributed by atoms with Crippen LogP contribution >= 0.6 is 0 Å². The third kappa shape index (κ3) is 3.42. The largest absolute Gasteiger partial charge is 0.328 e. The first kappa shape index (κ1) is 18.0. The van der Waals surface area contributed by atoms with E-state index < -0.39 is 0 Å². The zero-order valence-corrected chi connectivity index (χ0v) is 16.3. The first-order chi connectivity index (χ1) is 14.3. The third-order valence-electron chi connectivity index (χ3n) is 5.88. The topological polar surface area (TPSA) is 58.1 Å². The number of nitrogens with zero attached hydrogens (tertiary/aromatic N) is 3. The number of hydrogen-bond donors (Lipinski definition) is 1. The molecule has 1 aromatic heterocycles. The minimum absolute atomic E-state index is 0.0495. The highest BCUT2D eigenvalue weighted by Gasteiger charge is 2.34. The van der Waals surface area contributed by atoms with Gasteiger partial charge in [-0.15, -0.1) is 0 Å². The molecule has 2 aliphatic rings. The summed E-state index contributed by atoms with van der Waals surface area (Å²) in [6, 6.07) is 17.9. The molecule has 1 saturated heterocycles. The van der Waals surface area contributed by atoms with Crippen LogP contribution in [0.2, 0.25) is 0 Å². The fraction of sp³-hybridized carbons (Fsp3) is 0.292. The van der Waals surface area contributed by atoms with E-state index in [1.54, 1.807) is 0 Å². The number of likely N-dealkylation sites (tertiary alicyclic amines) is 1. The van der Waals surface area contributed by atoms with E-state index in [2.05, 4.69) is 10.3 Å². The van der Waals surface area contributed by atoms with Crippen molar-refractivity contribution >= 4 is 5.91 Å². The van der Waals surface area contributed by atoms with Crippen molar-refractivity contribution in [3.8, 4) is 11.1 Å². The van der Waals surface area contributed by atoms with Crippen molar-refractivity contribution in [1.29, 1.82) is 0 Å². The van der Waals surface area contributed by atoms with Crippen molar-refractivity contribution < 1.29 is 4.79 Å². The van der Waals surface area contributed by atoms with Crippen LogP contribution in [0.25, 0.3) is 11.1 Å². The molecule has 5 rings (SSSR count). The van der Waals surface area contributed by atoms with Crippen LogP contribution in [0.4, 0.5) is 0 Å². The van der Waals surface area contributed by atoms with Crippen molar-refractivity contribution in [2.75, 3.05) is 13.1 Å². The molecule has 146 valence electrons. The Kier molecular flexibility index (Phi) is 4.82. The lowest BCUT2D eigenvalue weighted by Gasteiger charge is -2.26. The lowest BCUT2D eigenvalue weighted by molar-refractivity contribution is 0.0730. The molecule has 0 saturated carbocycles. The second kappa shape index (κ2) is 7.76. The molecule has 0 unspecified atom stereocenters. The normalized spacial score (nSPS) is 18.5. The van der Waals surface area contributed by atoms with Crippen molar-refractivity contribution in [3.05, 3.63) is 83.4 Å². The number of amides is 1. The van der Waals surface area contributed by atoms with Gasteiger partial charge in [-0.05, 0) is 30.0 Å². The Morgan fingerprint density at radius 3 is 2.79 bits per heavy atom. The average Bonchev–Trinajstić information content (AvgIpc) is 3.29. The van der Waals surface area contributed by atoms with Crippen LogP contribution in [0.15, 0.2) is 60.8 Å². The van der Waals surface area contributed by atoms with Gasteiger partial charge in [0.15, 0.2) is 5.82 Å². The van der Waals surface area contributed by atoms with Gasteiger partial charge in [-0.1, -0.05) is 48.5 Å². The molecule has 0 spiro atoms. The predicted molar refractivity (Wildman–Crippen MR) is 112 cm³/mol. The molecule has 29 heavy (non-hydrogen) atoms. The number of carbonyl (C=O) groups excluding carboxylic acids is 1. The van der Waals surface area contributed by atoms with Gasteiger partial charge in [0.05, 0.1) is 6.04 Å². The molecule has 1 N–H and O–H groups in total. The minimum atomic E-state index is -0.0495. The van der Waals surface area contributed by atoms with Gasteiger partial charge in [-0.25, -0.2) is 9.97 Å². The van der Waals surface area contributed by atoms with Gasteiger partial charge in [-0.2, -0.15) is 0 Å². The van der Waals surface area contributed by atoms with E-state index in [0.29, 0.717) is 0 Å². The van der Waals surface area contributed by atoms with Gasteiger partial charge < -0.3 is 10.2 Å². The summed E-state index contributed by atoms with van der Waals surface area (Å²) in [5, 5.41) is 3.36. The van der Waals surface area contributed by atoms with E-state index in [4.69, 9.17) is 4.98 Å². The number of nitrogens with one attached hydrogen (secondary N) is 1. The van der Waals surface area contributed by atoms with Gasteiger partial charge in [0.2, 0.25) is 0 Å². The number of hydrogen-bond acceptors (Lipinski definition) is 4. The first-order valence-electron chi connectivity index (χ1n) is 10.3. The van der Waals surface area contributed by atoms with E-state index in [1.165, 1.54) is 5.56 Å². The summed E-state index contributed by atoms with van der Waals surface area (Å²) in [5.41, 5.74) is 5.07. The fourth-order valence-electron chi connectivity index (χ4n) is 4.38. The van der Waals surface area contributed by atoms with Crippen molar-refractivity contribution in [2.45, 2.75) is 31.8 Å². The molecule has 3 heterocycles. The maximum atomic E-state index is 13.6. The summed E-state index contributed by atoms with van der Waals surface area (Å²) < 4.78 is 0. The Balaban J connectivity index is 1.48. The predicted octanol–water partition coefficient (Wildman–Crippen LogP) is 3.77. The highest BCUT2D eigenvalue weighted by atomic mass is 16.2. The highest BCUT2D eigenvalue weighted by molar-refractivity contribution is 6.01. The molecule has 1 atom stereocenters. The van der Waals surface area contributed by atoms with Gasteiger partial charge in [0, 0.05) is 49.1 Å². The van der Waals surface area contributed by atoms with Crippen molar-refractivity contribution in [2.24, 2.45) is 0 Å². The fourth-order valence-corrected chi connectivity index (χ4v) is 4.38. The summed E-state index contributed by atoms with van der Waals surface area (Å²) in [6.07, 6.45) is 4.74. The lowest BCUT2D eigenvalue weighted by atomic mass is 9.98. The van der Waals surface area contributed by atoms with Crippen LogP contribution in [-0.2, 0) is 13.0 Å². The monoisotopic (exact) mass is 384 g/mol. The lowest BCUT2D eigenvalue weighted by Crippen LogP contribution is -2.32. The Hall–Kier alpha value is -3.05. The maximum absolute atomic E-state index is 13.6. The molecular formula is C24H24N4O. The molecule has 0 radical (unpaired) electrons. The smallest absolute Gasteiger partial charge is 0.255 e. The SMILES string of the molecule is O=C(c1ccccc1-c1ccccc1)N1CCC[C@H]1c1ncc2c(n1)CCNC2. The average molecular weight is 384 g/mol. The zero-order chi connectivity index (χ0) is 19.6. The summed E-state index contributed by atoms with van der Waals surface area (Å²) in [6.45, 7) is 2.52. The minimum Gasteiger partial charge on any atom is -0.328 e. The van der Waals surface area contributed by atoms with E-state index in [1.807, 2.05) is 65.7 Å². The van der Waals surface area contributed by atoms with Crippen molar-refractivity contribution in [1.82, 2.24) is 20.2 Å². The number of carbonyl (C=O) groups is 1. The Labute approximate surface area is 170 Å². The van der Waals surface area contributed by atoms with E-state index in [0.717, 1.165) is 67.1 Å². The van der Waals surface area contributed by atoms with Crippen LogP contribution in [0.1, 0.15) is 46.3 Å². The molecular weight excluding hydrogens is 360 g/mol. The van der Waals surface area contributed by atoms with E-state index in [9.17, 15) is 4.79 Å². The maximum Gasteiger partial charge on any atom is 0.255 e. The van der Waals surface area contributed by atoms with Crippen LogP contribution < -0.4 is 5.32 Å². The quantitative estimate of drug-likeness (QED) is 0.747. The van der Waals surface area contributed by atoms with Crippen LogP contribution in [-0.4, -0.2) is 33.9 Å². The Bertz CT molecular complexity index is 1030. The molecule has 1 fully saturated rings. The number of benzene rings is 2. The van der Waals surface area contributed by atoms with Crippen LogP contribution in [0.3, 0.4) is 0 Å². The molecule has 0 bridgehead atoms. The van der Waals surface area contributed by atoms with Crippen molar-refractivity contribution in [3.63, 3.8) is 0 Å². The van der Waals surface area contributed by atoms with E-state index in [-0.39, 0.29) is 11.9 Å².